The number of hydrogen-bond acceptors (Lipinski definition) is 4. The van der Waals surface area contributed by atoms with Crippen molar-refractivity contribution in [3.8, 4) is 17.3 Å². The number of anilines is 1. The number of carbonyl (C=O) groups excluding carboxylic acids is 2. The van der Waals surface area contributed by atoms with Crippen LogP contribution in [0.1, 0.15) is 59.9 Å². The van der Waals surface area contributed by atoms with Gasteiger partial charge in [0.15, 0.2) is 5.78 Å². The quantitative estimate of drug-likeness (QED) is 0.108. The number of allylic oxidation sites excluding steroid dienone is 1. The van der Waals surface area contributed by atoms with Crippen LogP contribution in [0.2, 0.25) is 0 Å². The summed E-state index contributed by atoms with van der Waals surface area (Å²) in [5.41, 5.74) is 6.33. The van der Waals surface area contributed by atoms with E-state index < -0.39 is 5.54 Å². The van der Waals surface area contributed by atoms with Crippen LogP contribution in [0.15, 0.2) is 158 Å². The van der Waals surface area contributed by atoms with E-state index in [-0.39, 0.29) is 35.1 Å². The fourth-order valence-electron chi connectivity index (χ4n) is 10.5. The highest BCUT2D eigenvalue weighted by atomic mass is 16.2. The second-order valence-corrected chi connectivity index (χ2v) is 15.8. The number of amides is 2. The van der Waals surface area contributed by atoms with Crippen LogP contribution in [-0.4, -0.2) is 26.9 Å². The third-order valence-corrected chi connectivity index (χ3v) is 12.5. The number of ketones is 1. The van der Waals surface area contributed by atoms with Gasteiger partial charge >= 0.3 is 6.03 Å². The smallest absolute Gasteiger partial charge is 0.319 e. The highest BCUT2D eigenvalue weighted by Crippen LogP contribution is 2.58. The number of nitriles is 1. The minimum Gasteiger partial charge on any atom is -0.332 e. The maximum atomic E-state index is 14.2. The average Bonchev–Trinajstić information content (AvgIpc) is 3.72. The van der Waals surface area contributed by atoms with Crippen molar-refractivity contribution in [2.24, 2.45) is 23.7 Å². The Hall–Kier alpha value is -6.52. The summed E-state index contributed by atoms with van der Waals surface area (Å²) in [7, 11) is 0. The fourth-order valence-corrected chi connectivity index (χ4v) is 10.5. The van der Waals surface area contributed by atoms with Crippen LogP contribution in [0.3, 0.4) is 0 Å². The first-order chi connectivity index (χ1) is 27.4. The number of benzene rings is 5. The van der Waals surface area contributed by atoms with E-state index in [0.29, 0.717) is 17.2 Å². The predicted molar refractivity (Wildman–Crippen MR) is 219 cm³/mol. The number of carbonyl (C=O) groups is 2. The van der Waals surface area contributed by atoms with Crippen molar-refractivity contribution in [2.75, 3.05) is 5.32 Å². The molecule has 4 aliphatic rings. The van der Waals surface area contributed by atoms with E-state index in [1.165, 1.54) is 0 Å². The first-order valence-electron chi connectivity index (χ1n) is 19.6. The summed E-state index contributed by atoms with van der Waals surface area (Å²) in [6.07, 6.45) is 12.5. The summed E-state index contributed by atoms with van der Waals surface area (Å²) in [5, 5.41) is 15.4. The third-order valence-electron chi connectivity index (χ3n) is 12.5. The van der Waals surface area contributed by atoms with Crippen molar-refractivity contribution < 1.29 is 9.59 Å². The van der Waals surface area contributed by atoms with Gasteiger partial charge in [0.25, 0.3) is 0 Å². The van der Waals surface area contributed by atoms with Crippen molar-refractivity contribution in [3.05, 3.63) is 186 Å². The van der Waals surface area contributed by atoms with Gasteiger partial charge in [-0.3, -0.25) is 4.79 Å². The Kier molecular flexibility index (Phi) is 9.19. The summed E-state index contributed by atoms with van der Waals surface area (Å²) in [6, 6.07) is 48.6. The van der Waals surface area contributed by atoms with E-state index in [0.717, 1.165) is 65.6 Å². The lowest BCUT2D eigenvalue weighted by Gasteiger charge is -2.59. The van der Waals surface area contributed by atoms with E-state index in [4.69, 9.17) is 10.2 Å². The number of imidazole rings is 1. The van der Waals surface area contributed by atoms with Gasteiger partial charge in [0.05, 0.1) is 23.7 Å². The van der Waals surface area contributed by atoms with E-state index in [1.807, 2.05) is 42.7 Å². The second kappa shape index (κ2) is 14.6. The SMILES string of the molecule is N#Cc1ccc(NC(=O)NC23CC4CC(C2)C(C(=O)/C=C/c2ccccc2-c2cn(C(c5ccccc5)(c5ccccc5)c5ccccc5)cn2)C(C4)C3)cc1. The molecular weight excluding hydrogens is 691 g/mol. The Bertz CT molecular complexity index is 2320. The van der Waals surface area contributed by atoms with Crippen LogP contribution < -0.4 is 10.6 Å². The van der Waals surface area contributed by atoms with Gasteiger partial charge in [0, 0.05) is 28.9 Å². The summed E-state index contributed by atoms with van der Waals surface area (Å²) in [6.45, 7) is 0. The first-order valence-corrected chi connectivity index (χ1v) is 19.6. The van der Waals surface area contributed by atoms with Gasteiger partial charge in [-0.05, 0) is 102 Å². The van der Waals surface area contributed by atoms with Crippen LogP contribution in [0.5, 0.6) is 0 Å². The van der Waals surface area contributed by atoms with E-state index >= 15 is 0 Å². The zero-order valence-electron chi connectivity index (χ0n) is 31.1. The molecule has 4 saturated carbocycles. The normalized spacial score (nSPS) is 22.4. The van der Waals surface area contributed by atoms with Gasteiger partial charge in [0.2, 0.25) is 0 Å². The van der Waals surface area contributed by atoms with Crippen LogP contribution >= 0.6 is 0 Å². The Morgan fingerprint density at radius 3 is 1.91 bits per heavy atom. The molecule has 0 aliphatic heterocycles. The predicted octanol–water partition coefficient (Wildman–Crippen LogP) is 9.86. The van der Waals surface area contributed by atoms with Gasteiger partial charge < -0.3 is 15.2 Å². The summed E-state index contributed by atoms with van der Waals surface area (Å²) >= 11 is 0. The van der Waals surface area contributed by atoms with Gasteiger partial charge in [-0.1, -0.05) is 121 Å². The maximum Gasteiger partial charge on any atom is 0.319 e. The third kappa shape index (κ3) is 6.41. The Labute approximate surface area is 327 Å². The fraction of sp³-hybridized carbons (Fsp3) is 0.224. The Balaban J connectivity index is 0.971. The molecule has 6 aromatic rings. The monoisotopic (exact) mass is 733 g/mol. The molecule has 7 nitrogen and oxygen atoms in total. The lowest BCUT2D eigenvalue weighted by Crippen LogP contribution is -2.63. The van der Waals surface area contributed by atoms with E-state index in [2.05, 4.69) is 112 Å². The van der Waals surface area contributed by atoms with Crippen LogP contribution in [0, 0.1) is 35.0 Å². The lowest BCUT2D eigenvalue weighted by atomic mass is 9.48. The average molecular weight is 734 g/mol. The van der Waals surface area contributed by atoms with Gasteiger partial charge in [-0.15, -0.1) is 0 Å². The van der Waals surface area contributed by atoms with Gasteiger partial charge in [-0.25, -0.2) is 9.78 Å². The minimum atomic E-state index is -0.675. The van der Waals surface area contributed by atoms with Gasteiger partial charge in [0.1, 0.15) is 5.54 Å². The molecule has 1 heterocycles. The number of nitrogens with zero attached hydrogens (tertiary/aromatic N) is 3. The Morgan fingerprint density at radius 2 is 1.32 bits per heavy atom. The topological polar surface area (TPSA) is 99.8 Å². The lowest BCUT2D eigenvalue weighted by molar-refractivity contribution is -0.133. The molecule has 4 bridgehead atoms. The zero-order valence-corrected chi connectivity index (χ0v) is 31.1. The van der Waals surface area contributed by atoms with E-state index in [1.54, 1.807) is 30.3 Å². The highest BCUT2D eigenvalue weighted by Gasteiger charge is 2.57. The molecule has 1 aromatic heterocycles. The summed E-state index contributed by atoms with van der Waals surface area (Å²) in [5.74, 6) is 1.12. The summed E-state index contributed by atoms with van der Waals surface area (Å²) in [4.78, 5) is 32.4. The number of nitrogens with one attached hydrogen (secondary N) is 2. The zero-order chi connectivity index (χ0) is 38.1. The van der Waals surface area contributed by atoms with Gasteiger partial charge in [-0.2, -0.15) is 5.26 Å². The van der Waals surface area contributed by atoms with Crippen molar-refractivity contribution >= 4 is 23.6 Å². The van der Waals surface area contributed by atoms with Crippen molar-refractivity contribution in [2.45, 2.75) is 43.2 Å². The number of rotatable bonds is 10. The molecule has 2 atom stereocenters. The minimum absolute atomic E-state index is 0.0473. The molecule has 276 valence electrons. The molecule has 4 aliphatic carbocycles. The Morgan fingerprint density at radius 1 is 0.750 bits per heavy atom. The largest absolute Gasteiger partial charge is 0.332 e. The van der Waals surface area contributed by atoms with Crippen molar-refractivity contribution in [3.63, 3.8) is 0 Å². The summed E-state index contributed by atoms with van der Waals surface area (Å²) < 4.78 is 2.22. The highest BCUT2D eigenvalue weighted by molar-refractivity contribution is 5.97. The van der Waals surface area contributed by atoms with E-state index in [9.17, 15) is 9.59 Å². The molecule has 2 N–H and O–H groups in total. The van der Waals surface area contributed by atoms with Crippen molar-refractivity contribution in [1.82, 2.24) is 14.9 Å². The molecule has 0 radical (unpaired) electrons. The van der Waals surface area contributed by atoms with Crippen LogP contribution in [0.4, 0.5) is 10.5 Å². The van der Waals surface area contributed by atoms with Crippen LogP contribution in [0.25, 0.3) is 17.3 Å². The second-order valence-electron chi connectivity index (χ2n) is 15.8. The molecule has 2 amide bonds. The molecule has 7 heteroatoms. The number of hydrogen-bond donors (Lipinski definition) is 2. The molecule has 0 spiro atoms. The molecule has 4 fully saturated rings. The number of urea groups is 1. The molecule has 5 aromatic carbocycles. The number of aromatic nitrogens is 2. The first kappa shape index (κ1) is 35.2. The standard InChI is InChI=1S/C49H43N5O2/c50-31-34-20-23-42(24-21-34)52-47(56)53-48-28-35-26-37(29-48)46(38(27-35)30-48)45(55)25-22-36-12-10-11-19-43(36)44-32-54(33-51-44)49(39-13-4-1-5-14-39,40-15-6-2-7-16-40)41-17-8-3-9-18-41/h1-25,32-33,35,37-38,46H,26-30H2,(H2,52,53,56)/b25-22+. The molecular formula is C49H43N5O2. The molecule has 2 unspecified atom stereocenters. The maximum absolute atomic E-state index is 14.2. The van der Waals surface area contributed by atoms with Crippen molar-refractivity contribution in [1.29, 1.82) is 5.26 Å². The molecule has 56 heavy (non-hydrogen) atoms. The van der Waals surface area contributed by atoms with Crippen LogP contribution in [-0.2, 0) is 10.3 Å². The molecule has 0 saturated heterocycles. The molecule has 10 rings (SSSR count).